The van der Waals surface area contributed by atoms with E-state index in [0.717, 1.165) is 17.0 Å². The lowest BCUT2D eigenvalue weighted by Gasteiger charge is -1.98. The second-order valence-corrected chi connectivity index (χ2v) is 3.40. The summed E-state index contributed by atoms with van der Waals surface area (Å²) in [6.45, 7) is 2.70. The Morgan fingerprint density at radius 1 is 1.46 bits per heavy atom. The van der Waals surface area contributed by atoms with Gasteiger partial charge in [-0.05, 0) is 37.1 Å². The van der Waals surface area contributed by atoms with Crippen LogP contribution in [0.5, 0.6) is 0 Å². The van der Waals surface area contributed by atoms with Gasteiger partial charge in [-0.25, -0.2) is 0 Å². The Labute approximate surface area is 84.2 Å². The normalized spacial score (nSPS) is 11.0. The van der Waals surface area contributed by atoms with E-state index in [1.807, 2.05) is 19.1 Å². The van der Waals surface area contributed by atoms with Crippen LogP contribution in [0.25, 0.3) is 6.08 Å². The third-order valence-corrected chi connectivity index (χ3v) is 2.25. The molecule has 0 radical (unpaired) electrons. The number of halogens is 1. The third-order valence-electron chi connectivity index (χ3n) is 1.83. The van der Waals surface area contributed by atoms with E-state index in [2.05, 4.69) is 18.2 Å². The number of hydrogen-bond acceptors (Lipinski definition) is 1. The average molecular weight is 196 g/mol. The molecule has 0 fully saturated rings. The van der Waals surface area contributed by atoms with Crippen molar-refractivity contribution in [1.82, 2.24) is 0 Å². The van der Waals surface area contributed by atoms with Crippen molar-refractivity contribution in [3.8, 4) is 0 Å². The van der Waals surface area contributed by atoms with Crippen LogP contribution < -0.4 is 5.73 Å². The van der Waals surface area contributed by atoms with Crippen LogP contribution in [-0.4, -0.2) is 6.54 Å². The van der Waals surface area contributed by atoms with Gasteiger partial charge in [0, 0.05) is 5.02 Å². The van der Waals surface area contributed by atoms with Gasteiger partial charge in [0.15, 0.2) is 0 Å². The predicted octanol–water partition coefficient (Wildman–Crippen LogP) is 3.01. The van der Waals surface area contributed by atoms with Crippen LogP contribution in [0.1, 0.15) is 17.5 Å². The molecule has 0 unspecified atom stereocenters. The summed E-state index contributed by atoms with van der Waals surface area (Å²) in [4.78, 5) is 0. The second kappa shape index (κ2) is 5.05. The molecule has 13 heavy (non-hydrogen) atoms. The van der Waals surface area contributed by atoms with Gasteiger partial charge in [-0.15, -0.1) is 0 Å². The Morgan fingerprint density at radius 3 is 2.85 bits per heavy atom. The highest BCUT2D eigenvalue weighted by Gasteiger charge is 1.93. The van der Waals surface area contributed by atoms with Gasteiger partial charge in [0.1, 0.15) is 0 Å². The molecule has 0 saturated carbocycles. The molecule has 70 valence electrons. The van der Waals surface area contributed by atoms with Crippen molar-refractivity contribution in [2.45, 2.75) is 13.3 Å². The zero-order valence-electron chi connectivity index (χ0n) is 7.76. The van der Waals surface area contributed by atoms with Crippen molar-refractivity contribution in [1.29, 1.82) is 0 Å². The maximum atomic E-state index is 5.90. The van der Waals surface area contributed by atoms with E-state index < -0.39 is 0 Å². The summed E-state index contributed by atoms with van der Waals surface area (Å²) in [6.07, 6.45) is 5.06. The Morgan fingerprint density at radius 2 is 2.23 bits per heavy atom. The van der Waals surface area contributed by atoms with Crippen LogP contribution in [0.2, 0.25) is 5.02 Å². The average Bonchev–Trinajstić information content (AvgIpc) is 2.12. The van der Waals surface area contributed by atoms with Gasteiger partial charge < -0.3 is 5.73 Å². The molecule has 0 aliphatic heterocycles. The maximum Gasteiger partial charge on any atom is 0.0435 e. The quantitative estimate of drug-likeness (QED) is 0.789. The van der Waals surface area contributed by atoms with Crippen molar-refractivity contribution in [3.05, 3.63) is 40.4 Å². The molecule has 0 aliphatic rings. The molecule has 1 aromatic rings. The van der Waals surface area contributed by atoms with E-state index in [4.69, 9.17) is 17.3 Å². The maximum absolute atomic E-state index is 5.90. The lowest BCUT2D eigenvalue weighted by molar-refractivity contribution is 1.01. The molecule has 0 aromatic heterocycles. The summed E-state index contributed by atoms with van der Waals surface area (Å²) in [6, 6.07) is 5.98. The second-order valence-electron chi connectivity index (χ2n) is 2.99. The molecule has 1 aromatic carbocycles. The van der Waals surface area contributed by atoms with Gasteiger partial charge in [-0.3, -0.25) is 0 Å². The molecule has 1 nitrogen and oxygen atoms in total. The van der Waals surface area contributed by atoms with Crippen LogP contribution in [0.3, 0.4) is 0 Å². The Balaban J connectivity index is 2.73. The van der Waals surface area contributed by atoms with E-state index in [-0.39, 0.29) is 0 Å². The minimum absolute atomic E-state index is 0.697. The van der Waals surface area contributed by atoms with Crippen LogP contribution in [0, 0.1) is 6.92 Å². The largest absolute Gasteiger partial charge is 0.330 e. The monoisotopic (exact) mass is 195 g/mol. The van der Waals surface area contributed by atoms with Crippen LogP contribution >= 0.6 is 11.6 Å². The molecule has 0 heterocycles. The predicted molar refractivity (Wildman–Crippen MR) is 58.9 cm³/mol. The number of nitrogens with two attached hydrogens (primary N) is 1. The van der Waals surface area contributed by atoms with Crippen molar-refractivity contribution < 1.29 is 0 Å². The Bertz CT molecular complexity index is 305. The highest BCUT2D eigenvalue weighted by atomic mass is 35.5. The van der Waals surface area contributed by atoms with E-state index in [1.54, 1.807) is 0 Å². The van der Waals surface area contributed by atoms with Crippen molar-refractivity contribution in [2.75, 3.05) is 6.54 Å². The summed E-state index contributed by atoms with van der Waals surface area (Å²) in [7, 11) is 0. The number of rotatable bonds is 3. The fourth-order valence-corrected chi connectivity index (χ4v) is 1.20. The van der Waals surface area contributed by atoms with Gasteiger partial charge >= 0.3 is 0 Å². The summed E-state index contributed by atoms with van der Waals surface area (Å²) in [5.74, 6) is 0. The first kappa shape index (κ1) is 10.3. The first-order chi connectivity index (χ1) is 6.24. The van der Waals surface area contributed by atoms with Gasteiger partial charge in [-0.1, -0.05) is 35.9 Å². The third kappa shape index (κ3) is 3.21. The molecular formula is C11H14ClN. The first-order valence-electron chi connectivity index (χ1n) is 4.37. The molecular weight excluding hydrogens is 182 g/mol. The fourth-order valence-electron chi connectivity index (χ4n) is 1.09. The first-order valence-corrected chi connectivity index (χ1v) is 4.74. The molecule has 2 N–H and O–H groups in total. The number of aryl methyl sites for hydroxylation is 1. The lowest BCUT2D eigenvalue weighted by atomic mass is 10.1. The topological polar surface area (TPSA) is 26.0 Å². The van der Waals surface area contributed by atoms with Crippen molar-refractivity contribution in [3.63, 3.8) is 0 Å². The van der Waals surface area contributed by atoms with E-state index in [9.17, 15) is 0 Å². The molecule has 0 bridgehead atoms. The van der Waals surface area contributed by atoms with E-state index >= 15 is 0 Å². The summed E-state index contributed by atoms with van der Waals surface area (Å²) >= 11 is 5.90. The number of benzene rings is 1. The van der Waals surface area contributed by atoms with Crippen LogP contribution in [0.4, 0.5) is 0 Å². The van der Waals surface area contributed by atoms with E-state index in [0.29, 0.717) is 6.54 Å². The highest BCUT2D eigenvalue weighted by Crippen LogP contribution is 2.16. The SMILES string of the molecule is Cc1cc(C=CCCN)ccc1Cl. The van der Waals surface area contributed by atoms with Gasteiger partial charge in [-0.2, -0.15) is 0 Å². The van der Waals surface area contributed by atoms with Gasteiger partial charge in [0.25, 0.3) is 0 Å². The number of hydrogen-bond donors (Lipinski definition) is 1. The minimum atomic E-state index is 0.697. The molecule has 0 aliphatic carbocycles. The Hall–Kier alpha value is -0.790. The zero-order valence-corrected chi connectivity index (χ0v) is 8.51. The standard InChI is InChI=1S/C11H14ClN/c1-9-8-10(4-2-3-7-13)5-6-11(9)12/h2,4-6,8H,3,7,13H2,1H3. The molecule has 1 rings (SSSR count). The molecule has 0 spiro atoms. The van der Waals surface area contributed by atoms with E-state index in [1.165, 1.54) is 5.56 Å². The smallest absolute Gasteiger partial charge is 0.0435 e. The highest BCUT2D eigenvalue weighted by molar-refractivity contribution is 6.31. The fraction of sp³-hybridized carbons (Fsp3) is 0.273. The van der Waals surface area contributed by atoms with Crippen molar-refractivity contribution >= 4 is 17.7 Å². The summed E-state index contributed by atoms with van der Waals surface area (Å²) in [5.41, 5.74) is 7.66. The summed E-state index contributed by atoms with van der Waals surface area (Å²) < 4.78 is 0. The van der Waals surface area contributed by atoms with Gasteiger partial charge in [0.05, 0.1) is 0 Å². The lowest BCUT2D eigenvalue weighted by Crippen LogP contribution is -1.94. The molecule has 2 heteroatoms. The zero-order chi connectivity index (χ0) is 9.68. The molecule has 0 saturated heterocycles. The Kier molecular flexibility index (Phi) is 4.00. The van der Waals surface area contributed by atoms with Crippen LogP contribution in [0.15, 0.2) is 24.3 Å². The van der Waals surface area contributed by atoms with Crippen molar-refractivity contribution in [2.24, 2.45) is 5.73 Å². The molecule has 0 atom stereocenters. The molecule has 0 amide bonds. The minimum Gasteiger partial charge on any atom is -0.330 e. The summed E-state index contributed by atoms with van der Waals surface area (Å²) in [5, 5.41) is 0.816. The van der Waals surface area contributed by atoms with Gasteiger partial charge in [0.2, 0.25) is 0 Å². The van der Waals surface area contributed by atoms with Crippen LogP contribution in [-0.2, 0) is 0 Å².